The van der Waals surface area contributed by atoms with Gasteiger partial charge in [0.2, 0.25) is 0 Å². The van der Waals surface area contributed by atoms with Gasteiger partial charge in [0.05, 0.1) is 12.2 Å². The van der Waals surface area contributed by atoms with Crippen molar-refractivity contribution in [2.45, 2.75) is 13.0 Å². The zero-order valence-electron chi connectivity index (χ0n) is 14.5. The molecule has 0 fully saturated rings. The van der Waals surface area contributed by atoms with Crippen LogP contribution in [-0.4, -0.2) is 58.3 Å². The van der Waals surface area contributed by atoms with E-state index >= 15 is 0 Å². The van der Waals surface area contributed by atoms with Gasteiger partial charge in [-0.25, -0.2) is 9.67 Å². The SMILES string of the molecule is CN(C)S(=O)(=O)N1CCc2nc(NC(=O)c3ccc(=O)n(C)n3)sc2C1. The van der Waals surface area contributed by atoms with Crippen LogP contribution < -0.4 is 10.9 Å². The fraction of sp³-hybridized carbons (Fsp3) is 0.429. The first-order valence-corrected chi connectivity index (χ1v) is 9.91. The lowest BCUT2D eigenvalue weighted by Crippen LogP contribution is -2.42. The first-order chi connectivity index (χ1) is 12.2. The third-order valence-electron chi connectivity index (χ3n) is 3.90. The van der Waals surface area contributed by atoms with Gasteiger partial charge in [-0.2, -0.15) is 22.1 Å². The largest absolute Gasteiger partial charge is 0.296 e. The lowest BCUT2D eigenvalue weighted by Gasteiger charge is -2.27. The summed E-state index contributed by atoms with van der Waals surface area (Å²) in [5, 5.41) is 6.92. The molecule has 0 atom stereocenters. The number of hydrogen-bond acceptors (Lipinski definition) is 7. The molecule has 10 nitrogen and oxygen atoms in total. The molecule has 0 aromatic carbocycles. The minimum Gasteiger partial charge on any atom is -0.296 e. The minimum absolute atomic E-state index is 0.0945. The summed E-state index contributed by atoms with van der Waals surface area (Å²) in [6, 6.07) is 2.61. The number of nitrogens with one attached hydrogen (secondary N) is 1. The topological polar surface area (TPSA) is 118 Å². The highest BCUT2D eigenvalue weighted by molar-refractivity contribution is 7.86. The van der Waals surface area contributed by atoms with Crippen molar-refractivity contribution in [1.29, 1.82) is 0 Å². The number of hydrogen-bond donors (Lipinski definition) is 1. The molecule has 2 aromatic rings. The van der Waals surface area contributed by atoms with E-state index in [0.29, 0.717) is 18.1 Å². The van der Waals surface area contributed by atoms with Crippen molar-refractivity contribution in [2.75, 3.05) is 26.0 Å². The van der Waals surface area contributed by atoms with E-state index in [1.807, 2.05) is 0 Å². The summed E-state index contributed by atoms with van der Waals surface area (Å²) < 4.78 is 28.1. The average Bonchev–Trinajstić information content (AvgIpc) is 2.98. The quantitative estimate of drug-likeness (QED) is 0.752. The number of rotatable bonds is 4. The van der Waals surface area contributed by atoms with Gasteiger partial charge in [-0.15, -0.1) is 11.3 Å². The molecule has 0 radical (unpaired) electrons. The van der Waals surface area contributed by atoms with Crippen LogP contribution >= 0.6 is 11.3 Å². The molecular formula is C14H18N6O4S2. The Balaban J connectivity index is 1.77. The molecule has 0 bridgehead atoms. The van der Waals surface area contributed by atoms with Gasteiger partial charge in [0.15, 0.2) is 5.13 Å². The van der Waals surface area contributed by atoms with E-state index in [1.165, 1.54) is 53.2 Å². The first kappa shape index (κ1) is 18.6. The van der Waals surface area contributed by atoms with E-state index in [2.05, 4.69) is 15.4 Å². The lowest BCUT2D eigenvalue weighted by atomic mass is 10.2. The number of carbonyl (C=O) groups excluding carboxylic acids is 1. The molecule has 1 aliphatic rings. The third kappa shape index (κ3) is 3.53. The van der Waals surface area contributed by atoms with Gasteiger partial charge in [-0.1, -0.05) is 0 Å². The van der Waals surface area contributed by atoms with Crippen molar-refractivity contribution in [3.63, 3.8) is 0 Å². The Morgan fingerprint density at radius 2 is 2.08 bits per heavy atom. The summed E-state index contributed by atoms with van der Waals surface area (Å²) in [7, 11) is 0.946. The predicted molar refractivity (Wildman–Crippen MR) is 96.3 cm³/mol. The van der Waals surface area contributed by atoms with E-state index < -0.39 is 16.1 Å². The van der Waals surface area contributed by atoms with Crippen molar-refractivity contribution in [3.05, 3.63) is 38.8 Å². The third-order valence-corrected chi connectivity index (χ3v) is 6.78. The Kier molecular flexibility index (Phi) is 4.92. The molecule has 2 aromatic heterocycles. The summed E-state index contributed by atoms with van der Waals surface area (Å²) in [5.74, 6) is -0.482. The van der Waals surface area contributed by atoms with Crippen molar-refractivity contribution in [3.8, 4) is 0 Å². The number of nitrogens with zero attached hydrogens (tertiary/aromatic N) is 5. The van der Waals surface area contributed by atoms with Crippen LogP contribution in [0.4, 0.5) is 5.13 Å². The molecule has 140 valence electrons. The number of aromatic nitrogens is 3. The Labute approximate surface area is 154 Å². The molecule has 1 amide bonds. The van der Waals surface area contributed by atoms with Crippen molar-refractivity contribution in [2.24, 2.45) is 7.05 Å². The second-order valence-electron chi connectivity index (χ2n) is 5.90. The highest BCUT2D eigenvalue weighted by Crippen LogP contribution is 2.30. The summed E-state index contributed by atoms with van der Waals surface area (Å²) in [6.07, 6.45) is 0.479. The average molecular weight is 398 g/mol. The molecule has 0 saturated heterocycles. The minimum atomic E-state index is -3.49. The van der Waals surface area contributed by atoms with Crippen LogP contribution in [0.3, 0.4) is 0 Å². The van der Waals surface area contributed by atoms with E-state index in [0.717, 1.165) is 15.3 Å². The standard InChI is InChI=1S/C14H18N6O4S2/c1-18(2)26(23,24)20-7-6-9-11(8-20)25-14(15-9)16-13(22)10-4-5-12(21)19(3)17-10/h4-5H,6-8H2,1-3H3,(H,15,16,22). The zero-order chi connectivity index (χ0) is 19.1. The normalized spacial score (nSPS) is 15.1. The fourth-order valence-corrected chi connectivity index (χ4v) is 4.61. The molecule has 1 aliphatic heterocycles. The second kappa shape index (κ2) is 6.87. The molecule has 0 unspecified atom stereocenters. The van der Waals surface area contributed by atoms with Crippen LogP contribution in [0.25, 0.3) is 0 Å². The maximum absolute atomic E-state index is 12.3. The van der Waals surface area contributed by atoms with Gasteiger partial charge >= 0.3 is 0 Å². The van der Waals surface area contributed by atoms with Gasteiger partial charge in [0, 0.05) is 45.1 Å². The lowest BCUT2D eigenvalue weighted by molar-refractivity contribution is 0.102. The highest BCUT2D eigenvalue weighted by atomic mass is 32.2. The van der Waals surface area contributed by atoms with Crippen molar-refractivity contribution < 1.29 is 13.2 Å². The zero-order valence-corrected chi connectivity index (χ0v) is 16.1. The molecular weight excluding hydrogens is 380 g/mol. The van der Waals surface area contributed by atoms with Gasteiger partial charge < -0.3 is 0 Å². The monoisotopic (exact) mass is 398 g/mol. The van der Waals surface area contributed by atoms with Crippen molar-refractivity contribution >= 4 is 32.6 Å². The van der Waals surface area contributed by atoms with Crippen LogP contribution in [0.15, 0.2) is 16.9 Å². The summed E-state index contributed by atoms with van der Waals surface area (Å²) in [5.41, 5.74) is 0.564. The number of anilines is 1. The van der Waals surface area contributed by atoms with Crippen LogP contribution in [0, 0.1) is 0 Å². The Hall–Kier alpha value is -2.15. The Morgan fingerprint density at radius 1 is 1.35 bits per heavy atom. The van der Waals surface area contributed by atoms with Crippen LogP contribution in [0.2, 0.25) is 0 Å². The van der Waals surface area contributed by atoms with E-state index in [1.54, 1.807) is 0 Å². The van der Waals surface area contributed by atoms with E-state index in [9.17, 15) is 18.0 Å². The first-order valence-electron chi connectivity index (χ1n) is 7.70. The van der Waals surface area contributed by atoms with E-state index in [4.69, 9.17) is 0 Å². The maximum atomic E-state index is 12.3. The summed E-state index contributed by atoms with van der Waals surface area (Å²) in [4.78, 5) is 28.8. The molecule has 26 heavy (non-hydrogen) atoms. The van der Waals surface area contributed by atoms with Crippen LogP contribution in [0.5, 0.6) is 0 Å². The number of fused-ring (bicyclic) bond motifs is 1. The maximum Gasteiger partial charge on any atom is 0.281 e. The van der Waals surface area contributed by atoms with Gasteiger partial charge in [0.25, 0.3) is 21.7 Å². The van der Waals surface area contributed by atoms with Gasteiger partial charge in [0.1, 0.15) is 5.69 Å². The number of amides is 1. The molecule has 12 heteroatoms. The molecule has 0 aliphatic carbocycles. The molecule has 0 saturated carbocycles. The van der Waals surface area contributed by atoms with Gasteiger partial charge in [-0.05, 0) is 6.07 Å². The van der Waals surface area contributed by atoms with Crippen LogP contribution in [0.1, 0.15) is 21.1 Å². The number of thiazole rings is 1. The molecule has 0 spiro atoms. The Bertz CT molecular complexity index is 1010. The second-order valence-corrected chi connectivity index (χ2v) is 9.12. The Morgan fingerprint density at radius 3 is 2.73 bits per heavy atom. The predicted octanol–water partition coefficient (Wildman–Crippen LogP) is -0.346. The summed E-state index contributed by atoms with van der Waals surface area (Å²) in [6.45, 7) is 0.564. The molecule has 3 heterocycles. The van der Waals surface area contributed by atoms with Gasteiger partial charge in [-0.3, -0.25) is 14.9 Å². The fourth-order valence-electron chi connectivity index (χ4n) is 2.44. The summed E-state index contributed by atoms with van der Waals surface area (Å²) >= 11 is 1.23. The van der Waals surface area contributed by atoms with Crippen LogP contribution in [-0.2, 0) is 30.2 Å². The number of carbonyl (C=O) groups is 1. The molecule has 1 N–H and O–H groups in total. The highest BCUT2D eigenvalue weighted by Gasteiger charge is 2.30. The molecule has 3 rings (SSSR count). The smallest absolute Gasteiger partial charge is 0.281 e. The van der Waals surface area contributed by atoms with E-state index in [-0.39, 0.29) is 17.8 Å². The van der Waals surface area contributed by atoms with Crippen molar-refractivity contribution in [1.82, 2.24) is 23.4 Å². The number of aryl methyl sites for hydroxylation is 1.